The fraction of sp³-hybridized carbons (Fsp3) is 0.600. The van der Waals surface area contributed by atoms with Crippen LogP contribution >= 0.6 is 11.6 Å². The highest BCUT2D eigenvalue weighted by Crippen LogP contribution is 2.51. The van der Waals surface area contributed by atoms with Gasteiger partial charge >= 0.3 is 0 Å². The minimum atomic E-state index is -0.900. The van der Waals surface area contributed by atoms with Crippen molar-refractivity contribution in [1.29, 1.82) is 0 Å². The molecule has 4 unspecified atom stereocenters. The van der Waals surface area contributed by atoms with Gasteiger partial charge in [-0.25, -0.2) is 13.2 Å². The van der Waals surface area contributed by atoms with Gasteiger partial charge in [0.25, 0.3) is 0 Å². The monoisotopic (exact) mass is 288 g/mol. The summed E-state index contributed by atoms with van der Waals surface area (Å²) in [4.78, 5) is 0. The van der Waals surface area contributed by atoms with Gasteiger partial charge in [0.2, 0.25) is 0 Å². The number of hydrogen-bond acceptors (Lipinski definition) is 0. The lowest BCUT2D eigenvalue weighted by Crippen LogP contribution is -2.13. The van der Waals surface area contributed by atoms with Gasteiger partial charge in [-0.15, -0.1) is 11.6 Å². The van der Waals surface area contributed by atoms with E-state index in [-0.39, 0.29) is 5.56 Å². The Morgan fingerprint density at radius 2 is 1.79 bits per heavy atom. The van der Waals surface area contributed by atoms with E-state index in [1.807, 2.05) is 0 Å². The fourth-order valence-corrected chi connectivity index (χ4v) is 4.34. The molecule has 4 atom stereocenters. The summed E-state index contributed by atoms with van der Waals surface area (Å²) in [5.74, 6) is -0.742. The smallest absolute Gasteiger partial charge is 0.133 e. The molecule has 2 fully saturated rings. The predicted octanol–water partition coefficient (Wildman–Crippen LogP) is 5.21. The molecule has 0 aromatic heterocycles. The maximum absolute atomic E-state index is 13.7. The molecular weight excluding hydrogens is 273 g/mol. The molecule has 3 rings (SSSR count). The highest BCUT2D eigenvalue weighted by Gasteiger charge is 2.40. The van der Waals surface area contributed by atoms with E-state index < -0.39 is 22.8 Å². The van der Waals surface area contributed by atoms with E-state index >= 15 is 0 Å². The van der Waals surface area contributed by atoms with Gasteiger partial charge in [0.15, 0.2) is 0 Å². The van der Waals surface area contributed by atoms with E-state index in [1.54, 1.807) is 0 Å². The van der Waals surface area contributed by atoms with Crippen LogP contribution in [0.2, 0.25) is 0 Å². The van der Waals surface area contributed by atoms with Crippen LogP contribution in [0.25, 0.3) is 0 Å². The zero-order chi connectivity index (χ0) is 13.6. The lowest BCUT2D eigenvalue weighted by atomic mass is 9.84. The maximum atomic E-state index is 13.7. The van der Waals surface area contributed by atoms with E-state index in [1.165, 1.54) is 19.3 Å². The minimum absolute atomic E-state index is 0.175. The lowest BCUT2D eigenvalue weighted by Gasteiger charge is -2.24. The van der Waals surface area contributed by atoms with Crippen LogP contribution < -0.4 is 0 Å². The average molecular weight is 289 g/mol. The van der Waals surface area contributed by atoms with Crippen LogP contribution in [0.3, 0.4) is 0 Å². The third-order valence-electron chi connectivity index (χ3n) is 4.75. The summed E-state index contributed by atoms with van der Waals surface area (Å²) in [6.45, 7) is 0. The van der Waals surface area contributed by atoms with E-state index in [0.717, 1.165) is 12.3 Å². The Morgan fingerprint density at radius 3 is 2.32 bits per heavy atom. The molecule has 19 heavy (non-hydrogen) atoms. The normalized spacial score (nSPS) is 30.8. The molecule has 1 aromatic rings. The van der Waals surface area contributed by atoms with Crippen molar-refractivity contribution in [2.75, 3.05) is 0 Å². The molecule has 0 heterocycles. The summed E-state index contributed by atoms with van der Waals surface area (Å²) in [5.41, 5.74) is -0.175. The highest BCUT2D eigenvalue weighted by molar-refractivity contribution is 6.20. The number of benzene rings is 1. The van der Waals surface area contributed by atoms with Crippen LogP contribution in [-0.2, 0) is 0 Å². The Labute approximate surface area is 116 Å². The summed E-state index contributed by atoms with van der Waals surface area (Å²) < 4.78 is 40.2. The topological polar surface area (TPSA) is 0 Å². The number of fused-ring (bicyclic) bond motifs is 2. The molecular formula is C15H16ClF3. The summed E-state index contributed by atoms with van der Waals surface area (Å²) in [5, 5.41) is -0.704. The van der Waals surface area contributed by atoms with E-state index in [0.29, 0.717) is 30.4 Å². The Kier molecular flexibility index (Phi) is 3.50. The van der Waals surface area contributed by atoms with Crippen LogP contribution in [0.4, 0.5) is 13.2 Å². The standard InChI is InChI=1S/C15H16ClF3/c16-12(5-10-4-8-1-2-9(10)3-8)15-13(18)6-11(17)7-14(15)19/h6-10,12H,1-5H2. The first-order valence-electron chi connectivity index (χ1n) is 6.83. The van der Waals surface area contributed by atoms with Crippen molar-refractivity contribution < 1.29 is 13.2 Å². The van der Waals surface area contributed by atoms with Gasteiger partial charge in [0.05, 0.1) is 5.38 Å². The van der Waals surface area contributed by atoms with Crippen molar-refractivity contribution in [2.24, 2.45) is 17.8 Å². The SMILES string of the molecule is Fc1cc(F)c(C(Cl)CC2CC3CCC2C3)c(F)c1. The summed E-state index contributed by atoms with van der Waals surface area (Å²) >= 11 is 6.18. The summed E-state index contributed by atoms with van der Waals surface area (Å²) in [7, 11) is 0. The largest absolute Gasteiger partial charge is 0.207 e. The second-order valence-corrected chi connectivity index (χ2v) is 6.45. The second kappa shape index (κ2) is 5.01. The number of halogens is 4. The van der Waals surface area contributed by atoms with Gasteiger partial charge in [-0.2, -0.15) is 0 Å². The van der Waals surface area contributed by atoms with E-state index in [9.17, 15) is 13.2 Å². The first-order valence-corrected chi connectivity index (χ1v) is 7.26. The quantitative estimate of drug-likeness (QED) is 0.670. The van der Waals surface area contributed by atoms with Gasteiger partial charge in [-0.1, -0.05) is 6.42 Å². The number of hydrogen-bond donors (Lipinski definition) is 0. The van der Waals surface area contributed by atoms with Crippen molar-refractivity contribution in [3.8, 4) is 0 Å². The van der Waals surface area contributed by atoms with Crippen molar-refractivity contribution in [3.05, 3.63) is 35.1 Å². The Hall–Kier alpha value is -0.700. The molecule has 2 aliphatic rings. The molecule has 4 heteroatoms. The van der Waals surface area contributed by atoms with Crippen molar-refractivity contribution in [2.45, 2.75) is 37.5 Å². The van der Waals surface area contributed by atoms with Crippen LogP contribution in [0.5, 0.6) is 0 Å². The average Bonchev–Trinajstić information content (AvgIpc) is 2.89. The van der Waals surface area contributed by atoms with Gasteiger partial charge < -0.3 is 0 Å². The summed E-state index contributed by atoms with van der Waals surface area (Å²) in [6.07, 6.45) is 5.45. The van der Waals surface area contributed by atoms with Crippen molar-refractivity contribution in [3.63, 3.8) is 0 Å². The Bertz CT molecular complexity index is 465. The van der Waals surface area contributed by atoms with E-state index in [4.69, 9.17) is 11.6 Å². The molecule has 0 spiro atoms. The van der Waals surface area contributed by atoms with Gasteiger partial charge in [-0.05, 0) is 43.4 Å². The molecule has 2 bridgehead atoms. The Balaban J connectivity index is 1.75. The molecule has 0 amide bonds. The number of rotatable bonds is 3. The third kappa shape index (κ3) is 2.49. The molecule has 104 valence electrons. The summed E-state index contributed by atoms with van der Waals surface area (Å²) in [6, 6.07) is 1.41. The molecule has 2 aliphatic carbocycles. The van der Waals surface area contributed by atoms with Gasteiger partial charge in [0, 0.05) is 17.7 Å². The van der Waals surface area contributed by atoms with Gasteiger partial charge in [0.1, 0.15) is 17.5 Å². The fourth-order valence-electron chi connectivity index (χ4n) is 3.90. The van der Waals surface area contributed by atoms with Crippen molar-refractivity contribution >= 4 is 11.6 Å². The zero-order valence-corrected chi connectivity index (χ0v) is 11.3. The van der Waals surface area contributed by atoms with Crippen LogP contribution in [0.15, 0.2) is 12.1 Å². The molecule has 0 radical (unpaired) electrons. The first-order chi connectivity index (χ1) is 9.04. The molecule has 0 saturated heterocycles. The molecule has 0 N–H and O–H groups in total. The number of alkyl halides is 1. The zero-order valence-electron chi connectivity index (χ0n) is 10.5. The van der Waals surface area contributed by atoms with Crippen LogP contribution in [-0.4, -0.2) is 0 Å². The first kappa shape index (κ1) is 13.3. The van der Waals surface area contributed by atoms with Crippen LogP contribution in [0, 0.1) is 35.2 Å². The van der Waals surface area contributed by atoms with Gasteiger partial charge in [-0.3, -0.25) is 0 Å². The third-order valence-corrected chi connectivity index (χ3v) is 5.15. The van der Waals surface area contributed by atoms with Crippen LogP contribution in [0.1, 0.15) is 43.0 Å². The minimum Gasteiger partial charge on any atom is -0.207 e. The molecule has 2 saturated carbocycles. The predicted molar refractivity (Wildman–Crippen MR) is 68.5 cm³/mol. The second-order valence-electron chi connectivity index (χ2n) is 5.92. The van der Waals surface area contributed by atoms with E-state index in [2.05, 4.69) is 0 Å². The van der Waals surface area contributed by atoms with Crippen molar-refractivity contribution in [1.82, 2.24) is 0 Å². The molecule has 1 aromatic carbocycles. The maximum Gasteiger partial charge on any atom is 0.133 e. The lowest BCUT2D eigenvalue weighted by molar-refractivity contribution is 0.309. The Morgan fingerprint density at radius 1 is 1.11 bits per heavy atom. The highest BCUT2D eigenvalue weighted by atomic mass is 35.5. The molecule has 0 aliphatic heterocycles. The molecule has 0 nitrogen and oxygen atoms in total.